The molecule has 3 aromatic rings. The number of nitrogens with one attached hydrogen (secondary N) is 2. The maximum Gasteiger partial charge on any atom is 0.269 e. The standard InChI is InChI=1S/C28H28N4O5/c1-28(2,3)30-27(35)26(20-11-10-16-23(19-20)32(36)37)31(22-14-8-5-9-15-22)25(34)18-17-24(33)29-21-12-6-4-7-13-21/h4-19,26H,1-3H3,(H,29,33)(H,30,35)/b18-17-. The molecule has 3 amide bonds. The van der Waals surface area contributed by atoms with E-state index in [4.69, 9.17) is 0 Å². The lowest BCUT2D eigenvalue weighted by Crippen LogP contribution is -2.49. The van der Waals surface area contributed by atoms with Crippen molar-refractivity contribution in [3.05, 3.63) is 113 Å². The summed E-state index contributed by atoms with van der Waals surface area (Å²) in [5, 5.41) is 17.0. The molecule has 3 aromatic carbocycles. The first kappa shape index (κ1) is 26.8. The van der Waals surface area contributed by atoms with E-state index in [-0.39, 0.29) is 11.3 Å². The number of carbonyl (C=O) groups is 3. The Morgan fingerprint density at radius 1 is 0.892 bits per heavy atom. The molecular weight excluding hydrogens is 472 g/mol. The van der Waals surface area contributed by atoms with Crippen LogP contribution in [0.3, 0.4) is 0 Å². The summed E-state index contributed by atoms with van der Waals surface area (Å²) < 4.78 is 0. The molecule has 0 heterocycles. The monoisotopic (exact) mass is 500 g/mol. The van der Waals surface area contributed by atoms with E-state index >= 15 is 0 Å². The normalized spacial score (nSPS) is 12.0. The second-order valence-corrected chi connectivity index (χ2v) is 9.23. The zero-order valence-corrected chi connectivity index (χ0v) is 20.8. The number of carbonyl (C=O) groups excluding carboxylic acids is 3. The Morgan fingerprint density at radius 3 is 2.11 bits per heavy atom. The van der Waals surface area contributed by atoms with Gasteiger partial charge in [-0.2, -0.15) is 0 Å². The van der Waals surface area contributed by atoms with E-state index in [1.165, 1.54) is 23.1 Å². The van der Waals surface area contributed by atoms with E-state index in [1.807, 2.05) is 6.07 Å². The van der Waals surface area contributed by atoms with Crippen LogP contribution in [0.2, 0.25) is 0 Å². The Bertz CT molecular complexity index is 1300. The molecule has 0 radical (unpaired) electrons. The minimum Gasteiger partial charge on any atom is -0.349 e. The van der Waals surface area contributed by atoms with Gasteiger partial charge in [0.1, 0.15) is 6.04 Å². The summed E-state index contributed by atoms with van der Waals surface area (Å²) in [7, 11) is 0. The van der Waals surface area contributed by atoms with Crippen LogP contribution in [0.1, 0.15) is 32.4 Å². The first-order chi connectivity index (χ1) is 17.5. The molecular formula is C28H28N4O5. The van der Waals surface area contributed by atoms with Crippen molar-refractivity contribution in [1.82, 2.24) is 5.32 Å². The third-order valence-electron chi connectivity index (χ3n) is 5.09. The average Bonchev–Trinajstić information content (AvgIpc) is 2.86. The number of anilines is 2. The van der Waals surface area contributed by atoms with Crippen LogP contribution in [0.15, 0.2) is 97.1 Å². The smallest absolute Gasteiger partial charge is 0.269 e. The Morgan fingerprint density at radius 2 is 1.51 bits per heavy atom. The van der Waals surface area contributed by atoms with Crippen LogP contribution >= 0.6 is 0 Å². The van der Waals surface area contributed by atoms with E-state index in [0.717, 1.165) is 12.2 Å². The molecule has 1 unspecified atom stereocenters. The Balaban J connectivity index is 2.04. The van der Waals surface area contributed by atoms with E-state index in [9.17, 15) is 24.5 Å². The molecule has 0 aliphatic carbocycles. The van der Waals surface area contributed by atoms with Crippen molar-refractivity contribution in [2.75, 3.05) is 10.2 Å². The fraction of sp³-hybridized carbons (Fsp3) is 0.179. The SMILES string of the molecule is CC(C)(C)NC(=O)C(c1cccc([N+](=O)[O-])c1)N(C(=O)/C=C\C(=O)Nc1ccccc1)c1ccccc1. The number of benzene rings is 3. The molecule has 2 N–H and O–H groups in total. The van der Waals surface area contributed by atoms with Gasteiger partial charge in [-0.15, -0.1) is 0 Å². The molecule has 0 saturated carbocycles. The number of hydrogen-bond donors (Lipinski definition) is 2. The number of amides is 3. The van der Waals surface area contributed by atoms with Gasteiger partial charge in [-0.1, -0.05) is 48.5 Å². The van der Waals surface area contributed by atoms with Gasteiger partial charge in [0.05, 0.1) is 4.92 Å². The summed E-state index contributed by atoms with van der Waals surface area (Å²) in [4.78, 5) is 51.6. The van der Waals surface area contributed by atoms with E-state index in [1.54, 1.807) is 81.4 Å². The summed E-state index contributed by atoms with van der Waals surface area (Å²) in [5.41, 5.74) is 0.316. The molecule has 0 aromatic heterocycles. The number of para-hydroxylation sites is 2. The number of nitrogens with zero attached hydrogens (tertiary/aromatic N) is 2. The molecule has 0 aliphatic heterocycles. The van der Waals surface area contributed by atoms with Crippen LogP contribution in [-0.4, -0.2) is 28.2 Å². The van der Waals surface area contributed by atoms with E-state index < -0.39 is 34.2 Å². The van der Waals surface area contributed by atoms with Crippen LogP contribution in [0, 0.1) is 10.1 Å². The molecule has 0 bridgehead atoms. The highest BCUT2D eigenvalue weighted by Gasteiger charge is 2.34. The highest BCUT2D eigenvalue weighted by atomic mass is 16.6. The Hall–Kier alpha value is -4.79. The summed E-state index contributed by atoms with van der Waals surface area (Å²) >= 11 is 0. The molecule has 0 fully saturated rings. The largest absolute Gasteiger partial charge is 0.349 e. The van der Waals surface area contributed by atoms with Crippen LogP contribution in [0.4, 0.5) is 17.1 Å². The molecule has 37 heavy (non-hydrogen) atoms. The van der Waals surface area contributed by atoms with Gasteiger partial charge < -0.3 is 10.6 Å². The summed E-state index contributed by atoms with van der Waals surface area (Å²) in [6, 6.07) is 21.5. The fourth-order valence-corrected chi connectivity index (χ4v) is 3.59. The number of nitro benzene ring substituents is 1. The van der Waals surface area contributed by atoms with Crippen molar-refractivity contribution >= 4 is 34.8 Å². The number of rotatable bonds is 8. The maximum absolute atomic E-state index is 13.6. The lowest BCUT2D eigenvalue weighted by Gasteiger charge is -2.33. The molecule has 3 rings (SSSR count). The molecule has 0 saturated heterocycles. The highest BCUT2D eigenvalue weighted by molar-refractivity contribution is 6.10. The van der Waals surface area contributed by atoms with Gasteiger partial charge in [-0.05, 0) is 50.6 Å². The number of nitro groups is 1. The third-order valence-corrected chi connectivity index (χ3v) is 5.09. The van der Waals surface area contributed by atoms with Crippen molar-refractivity contribution in [2.24, 2.45) is 0 Å². The third kappa shape index (κ3) is 7.60. The van der Waals surface area contributed by atoms with Crippen molar-refractivity contribution < 1.29 is 19.3 Å². The Kier molecular flexibility index (Phi) is 8.52. The predicted octanol–water partition coefficient (Wildman–Crippen LogP) is 4.78. The fourth-order valence-electron chi connectivity index (χ4n) is 3.59. The quantitative estimate of drug-likeness (QED) is 0.262. The van der Waals surface area contributed by atoms with Crippen LogP contribution in [0.5, 0.6) is 0 Å². The van der Waals surface area contributed by atoms with Gasteiger partial charge >= 0.3 is 0 Å². The van der Waals surface area contributed by atoms with Gasteiger partial charge in [-0.25, -0.2) is 0 Å². The van der Waals surface area contributed by atoms with Crippen molar-refractivity contribution in [3.8, 4) is 0 Å². The van der Waals surface area contributed by atoms with Gasteiger partial charge in [0.15, 0.2) is 0 Å². The average molecular weight is 501 g/mol. The van der Waals surface area contributed by atoms with Crippen LogP contribution < -0.4 is 15.5 Å². The molecule has 9 nitrogen and oxygen atoms in total. The second kappa shape index (κ2) is 11.8. The van der Waals surface area contributed by atoms with Gasteiger partial charge in [0.2, 0.25) is 11.8 Å². The molecule has 190 valence electrons. The number of hydrogen-bond acceptors (Lipinski definition) is 5. The second-order valence-electron chi connectivity index (χ2n) is 9.23. The van der Waals surface area contributed by atoms with Gasteiger partial charge in [0, 0.05) is 41.2 Å². The summed E-state index contributed by atoms with van der Waals surface area (Å²) in [6.07, 6.45) is 2.15. The lowest BCUT2D eigenvalue weighted by molar-refractivity contribution is -0.384. The highest BCUT2D eigenvalue weighted by Crippen LogP contribution is 2.30. The van der Waals surface area contributed by atoms with Gasteiger partial charge in [0.25, 0.3) is 11.6 Å². The van der Waals surface area contributed by atoms with Crippen LogP contribution in [-0.2, 0) is 14.4 Å². The Labute approximate surface area is 215 Å². The van der Waals surface area contributed by atoms with Crippen LogP contribution in [0.25, 0.3) is 0 Å². The summed E-state index contributed by atoms with van der Waals surface area (Å²) in [6.45, 7) is 5.37. The zero-order chi connectivity index (χ0) is 27.0. The molecule has 1 atom stereocenters. The van der Waals surface area contributed by atoms with Crippen molar-refractivity contribution in [2.45, 2.75) is 32.4 Å². The van der Waals surface area contributed by atoms with Gasteiger partial charge in [-0.3, -0.25) is 29.4 Å². The summed E-state index contributed by atoms with van der Waals surface area (Å²) in [5.74, 6) is -1.72. The zero-order valence-electron chi connectivity index (χ0n) is 20.8. The van der Waals surface area contributed by atoms with Crippen molar-refractivity contribution in [1.29, 1.82) is 0 Å². The number of non-ortho nitro benzene ring substituents is 1. The van der Waals surface area contributed by atoms with E-state index in [0.29, 0.717) is 11.4 Å². The first-order valence-corrected chi connectivity index (χ1v) is 11.5. The molecule has 0 aliphatic rings. The minimum absolute atomic E-state index is 0.218. The van der Waals surface area contributed by atoms with Crippen molar-refractivity contribution in [3.63, 3.8) is 0 Å². The molecule has 9 heteroatoms. The maximum atomic E-state index is 13.6. The topological polar surface area (TPSA) is 122 Å². The first-order valence-electron chi connectivity index (χ1n) is 11.5. The lowest BCUT2D eigenvalue weighted by atomic mass is 10.00. The minimum atomic E-state index is -1.25. The molecule has 0 spiro atoms. The predicted molar refractivity (Wildman–Crippen MR) is 142 cm³/mol. The van der Waals surface area contributed by atoms with E-state index in [2.05, 4.69) is 10.6 Å².